The average Bonchev–Trinajstić information content (AvgIpc) is 3.17. The van der Waals surface area contributed by atoms with Crippen LogP contribution in [0.1, 0.15) is 36.9 Å². The van der Waals surface area contributed by atoms with Crippen LogP contribution in [0.4, 0.5) is 5.69 Å². The Labute approximate surface area is 108 Å². The van der Waals surface area contributed by atoms with Crippen LogP contribution >= 0.6 is 0 Å². The van der Waals surface area contributed by atoms with Crippen molar-refractivity contribution in [3.63, 3.8) is 0 Å². The molecule has 18 heavy (non-hydrogen) atoms. The van der Waals surface area contributed by atoms with Crippen LogP contribution in [0.2, 0.25) is 0 Å². The van der Waals surface area contributed by atoms with Crippen LogP contribution in [0.5, 0.6) is 0 Å². The predicted molar refractivity (Wildman–Crippen MR) is 71.3 cm³/mol. The lowest BCUT2D eigenvalue weighted by molar-refractivity contribution is -0.121. The quantitative estimate of drug-likeness (QED) is 0.884. The van der Waals surface area contributed by atoms with E-state index in [2.05, 4.69) is 10.3 Å². The van der Waals surface area contributed by atoms with Crippen LogP contribution in [0.3, 0.4) is 0 Å². The van der Waals surface area contributed by atoms with E-state index in [0.717, 1.165) is 16.9 Å². The van der Waals surface area contributed by atoms with E-state index < -0.39 is 0 Å². The van der Waals surface area contributed by atoms with Crippen LogP contribution in [-0.4, -0.2) is 10.9 Å². The summed E-state index contributed by atoms with van der Waals surface area (Å²) < 4.78 is 0. The zero-order valence-electron chi connectivity index (χ0n) is 11.1. The second kappa shape index (κ2) is 4.38. The summed E-state index contributed by atoms with van der Waals surface area (Å²) in [5, 5.41) is 3.05. The first kappa shape index (κ1) is 11.7. The van der Waals surface area contributed by atoms with E-state index in [1.807, 2.05) is 19.9 Å². The normalized spacial score (nSPS) is 19.1. The molecule has 3 rings (SSSR count). The molecule has 1 N–H and O–H groups in total. The summed E-state index contributed by atoms with van der Waals surface area (Å²) >= 11 is 0. The van der Waals surface area contributed by atoms with Gasteiger partial charge in [-0.1, -0.05) is 0 Å². The Hall–Kier alpha value is -1.38. The fraction of sp³-hybridized carbons (Fsp3) is 0.600. The van der Waals surface area contributed by atoms with E-state index in [-0.39, 0.29) is 11.8 Å². The lowest BCUT2D eigenvalue weighted by Gasteiger charge is -2.15. The van der Waals surface area contributed by atoms with Gasteiger partial charge in [-0.2, -0.15) is 0 Å². The first-order valence-electron chi connectivity index (χ1n) is 6.89. The summed E-state index contributed by atoms with van der Waals surface area (Å²) in [4.78, 5) is 16.6. The van der Waals surface area contributed by atoms with Crippen molar-refractivity contribution in [3.05, 3.63) is 23.5 Å². The number of anilines is 1. The van der Waals surface area contributed by atoms with Gasteiger partial charge in [-0.3, -0.25) is 9.78 Å². The minimum absolute atomic E-state index is 0.213. The molecule has 1 amide bonds. The van der Waals surface area contributed by atoms with Gasteiger partial charge in [0.15, 0.2) is 0 Å². The summed E-state index contributed by atoms with van der Waals surface area (Å²) in [6, 6.07) is 2.01. The number of nitrogens with zero attached hydrogens (tertiary/aromatic N) is 1. The zero-order chi connectivity index (χ0) is 12.7. The third kappa shape index (κ3) is 2.40. The molecule has 3 heteroatoms. The molecule has 0 atom stereocenters. The highest BCUT2D eigenvalue weighted by molar-refractivity contribution is 5.93. The summed E-state index contributed by atoms with van der Waals surface area (Å²) in [6.45, 7) is 4.01. The summed E-state index contributed by atoms with van der Waals surface area (Å²) in [7, 11) is 0. The van der Waals surface area contributed by atoms with Crippen LogP contribution in [0.15, 0.2) is 12.3 Å². The maximum atomic E-state index is 12.3. The summed E-state index contributed by atoms with van der Waals surface area (Å²) in [5.74, 6) is 1.77. The van der Waals surface area contributed by atoms with Crippen molar-refractivity contribution in [2.45, 2.75) is 39.5 Å². The smallest absolute Gasteiger partial charge is 0.228 e. The molecular formula is C15H20N2O. The molecule has 2 aliphatic rings. The standard InChI is InChI=1S/C15H20N2O/c1-9-7-13(8-16-10(9)2)17-15(18)14(11-3-4-11)12-5-6-12/h7-8,11-12,14H,3-6H2,1-2H3,(H,17,18). The van der Waals surface area contributed by atoms with E-state index >= 15 is 0 Å². The fourth-order valence-electron chi connectivity index (χ4n) is 2.66. The van der Waals surface area contributed by atoms with Crippen LogP contribution < -0.4 is 5.32 Å². The highest BCUT2D eigenvalue weighted by Crippen LogP contribution is 2.49. The molecule has 1 heterocycles. The van der Waals surface area contributed by atoms with Gasteiger partial charge >= 0.3 is 0 Å². The number of aromatic nitrogens is 1. The third-order valence-electron chi connectivity index (χ3n) is 4.17. The lowest BCUT2D eigenvalue weighted by Crippen LogP contribution is -2.26. The maximum absolute atomic E-state index is 12.3. The van der Waals surface area contributed by atoms with Gasteiger partial charge < -0.3 is 5.32 Å². The van der Waals surface area contributed by atoms with Gasteiger partial charge in [-0.25, -0.2) is 0 Å². The van der Waals surface area contributed by atoms with Crippen molar-refractivity contribution in [2.24, 2.45) is 17.8 Å². The van der Waals surface area contributed by atoms with E-state index in [0.29, 0.717) is 11.8 Å². The predicted octanol–water partition coefficient (Wildman–Crippen LogP) is 3.07. The third-order valence-corrected chi connectivity index (χ3v) is 4.17. The van der Waals surface area contributed by atoms with Gasteiger partial charge in [0, 0.05) is 11.6 Å². The molecule has 0 spiro atoms. The van der Waals surface area contributed by atoms with Crippen molar-refractivity contribution < 1.29 is 4.79 Å². The molecular weight excluding hydrogens is 224 g/mol. The zero-order valence-corrected chi connectivity index (χ0v) is 11.1. The van der Waals surface area contributed by atoms with E-state index in [1.165, 1.54) is 25.7 Å². The number of rotatable bonds is 4. The number of hydrogen-bond acceptors (Lipinski definition) is 2. The Morgan fingerprint density at radius 1 is 1.28 bits per heavy atom. The van der Waals surface area contributed by atoms with E-state index in [1.54, 1.807) is 6.20 Å². The van der Waals surface area contributed by atoms with Crippen molar-refractivity contribution in [1.82, 2.24) is 4.98 Å². The van der Waals surface area contributed by atoms with Crippen molar-refractivity contribution in [1.29, 1.82) is 0 Å². The average molecular weight is 244 g/mol. The Kier molecular flexibility index (Phi) is 2.84. The molecule has 0 saturated heterocycles. The van der Waals surface area contributed by atoms with E-state index in [9.17, 15) is 4.79 Å². The van der Waals surface area contributed by atoms with Crippen molar-refractivity contribution >= 4 is 11.6 Å². The fourth-order valence-corrected chi connectivity index (χ4v) is 2.66. The minimum atomic E-state index is 0.213. The Balaban J connectivity index is 1.70. The molecule has 2 aliphatic carbocycles. The van der Waals surface area contributed by atoms with Crippen molar-refractivity contribution in [3.8, 4) is 0 Å². The molecule has 0 aromatic carbocycles. The molecule has 0 aliphatic heterocycles. The molecule has 0 bridgehead atoms. The molecule has 1 aromatic rings. The SMILES string of the molecule is Cc1cc(NC(=O)C(C2CC2)C2CC2)cnc1C. The Morgan fingerprint density at radius 3 is 2.39 bits per heavy atom. The lowest BCUT2D eigenvalue weighted by atomic mass is 9.97. The van der Waals surface area contributed by atoms with Crippen LogP contribution in [0.25, 0.3) is 0 Å². The molecule has 3 nitrogen and oxygen atoms in total. The van der Waals surface area contributed by atoms with Gasteiger partial charge in [-0.05, 0) is 63.0 Å². The first-order valence-corrected chi connectivity index (χ1v) is 6.89. The number of pyridine rings is 1. The number of hydrogen-bond donors (Lipinski definition) is 1. The second-order valence-corrected chi connectivity index (χ2v) is 5.82. The first-order chi connectivity index (χ1) is 8.65. The van der Waals surface area contributed by atoms with Crippen LogP contribution in [-0.2, 0) is 4.79 Å². The number of nitrogens with one attached hydrogen (secondary N) is 1. The maximum Gasteiger partial charge on any atom is 0.228 e. The molecule has 0 radical (unpaired) electrons. The van der Waals surface area contributed by atoms with Gasteiger partial charge in [-0.15, -0.1) is 0 Å². The Morgan fingerprint density at radius 2 is 1.89 bits per heavy atom. The van der Waals surface area contributed by atoms with Gasteiger partial charge in [0.1, 0.15) is 0 Å². The van der Waals surface area contributed by atoms with E-state index in [4.69, 9.17) is 0 Å². The summed E-state index contributed by atoms with van der Waals surface area (Å²) in [6.07, 6.45) is 6.70. The second-order valence-electron chi connectivity index (χ2n) is 5.82. The topological polar surface area (TPSA) is 42.0 Å². The Bertz CT molecular complexity index is 463. The molecule has 0 unspecified atom stereocenters. The van der Waals surface area contributed by atoms with Crippen molar-refractivity contribution in [2.75, 3.05) is 5.32 Å². The monoisotopic (exact) mass is 244 g/mol. The molecule has 1 aromatic heterocycles. The highest BCUT2D eigenvalue weighted by Gasteiger charge is 2.45. The summed E-state index contributed by atoms with van der Waals surface area (Å²) in [5.41, 5.74) is 2.99. The molecule has 2 fully saturated rings. The largest absolute Gasteiger partial charge is 0.324 e. The highest BCUT2D eigenvalue weighted by atomic mass is 16.1. The van der Waals surface area contributed by atoms with Crippen LogP contribution in [0, 0.1) is 31.6 Å². The number of carbonyl (C=O) groups is 1. The van der Waals surface area contributed by atoms with Gasteiger partial charge in [0.05, 0.1) is 11.9 Å². The minimum Gasteiger partial charge on any atom is -0.324 e. The van der Waals surface area contributed by atoms with Gasteiger partial charge in [0.25, 0.3) is 0 Å². The molecule has 96 valence electrons. The number of aryl methyl sites for hydroxylation is 2. The number of amides is 1. The van der Waals surface area contributed by atoms with Gasteiger partial charge in [0.2, 0.25) is 5.91 Å². The number of carbonyl (C=O) groups excluding carboxylic acids is 1. The molecule has 2 saturated carbocycles.